The SMILES string of the molecule is COc1cc(C#N)cc(Oc2c(F)cc(CCl)cc2F)c1. The molecule has 0 aliphatic rings. The molecule has 0 unspecified atom stereocenters. The maximum absolute atomic E-state index is 13.8. The van der Waals surface area contributed by atoms with Crippen molar-refractivity contribution in [1.82, 2.24) is 0 Å². The van der Waals surface area contributed by atoms with Gasteiger partial charge in [0.25, 0.3) is 0 Å². The summed E-state index contributed by atoms with van der Waals surface area (Å²) >= 11 is 5.54. The Morgan fingerprint density at radius 1 is 1.10 bits per heavy atom. The van der Waals surface area contributed by atoms with Crippen molar-refractivity contribution in [2.75, 3.05) is 7.11 Å². The molecule has 0 aromatic heterocycles. The average Bonchev–Trinajstić information content (AvgIpc) is 2.50. The molecule has 2 aromatic rings. The standard InChI is InChI=1S/C15H10ClF2NO2/c1-20-11-2-10(8-19)3-12(6-11)21-15-13(17)4-9(7-16)5-14(15)18/h2-6H,7H2,1H3. The summed E-state index contributed by atoms with van der Waals surface area (Å²) in [4.78, 5) is 0. The van der Waals surface area contributed by atoms with E-state index in [2.05, 4.69) is 0 Å². The minimum atomic E-state index is -0.869. The van der Waals surface area contributed by atoms with Gasteiger partial charge in [-0.05, 0) is 29.8 Å². The second kappa shape index (κ2) is 6.42. The Labute approximate surface area is 125 Å². The third kappa shape index (κ3) is 3.41. The van der Waals surface area contributed by atoms with Gasteiger partial charge in [0.2, 0.25) is 0 Å². The van der Waals surface area contributed by atoms with Crippen molar-refractivity contribution in [1.29, 1.82) is 5.26 Å². The zero-order valence-corrected chi connectivity index (χ0v) is 11.7. The molecule has 2 aromatic carbocycles. The number of rotatable bonds is 4. The molecule has 2 rings (SSSR count). The number of halogens is 3. The molecule has 0 bridgehead atoms. The largest absolute Gasteiger partial charge is 0.497 e. The van der Waals surface area contributed by atoms with Crippen LogP contribution in [0.15, 0.2) is 30.3 Å². The van der Waals surface area contributed by atoms with Crippen molar-refractivity contribution in [2.45, 2.75) is 5.88 Å². The van der Waals surface area contributed by atoms with Crippen molar-refractivity contribution in [3.63, 3.8) is 0 Å². The molecule has 0 amide bonds. The summed E-state index contributed by atoms with van der Waals surface area (Å²) < 4.78 is 37.9. The fourth-order valence-corrected chi connectivity index (χ4v) is 1.87. The van der Waals surface area contributed by atoms with Crippen molar-refractivity contribution >= 4 is 11.6 Å². The predicted octanol–water partition coefficient (Wildman–Crippen LogP) is 4.38. The molecular formula is C15H10ClF2NO2. The van der Waals surface area contributed by atoms with E-state index < -0.39 is 17.4 Å². The lowest BCUT2D eigenvalue weighted by Crippen LogP contribution is -1.96. The number of ether oxygens (including phenoxy) is 2. The topological polar surface area (TPSA) is 42.2 Å². The van der Waals surface area contributed by atoms with E-state index in [0.717, 1.165) is 12.1 Å². The van der Waals surface area contributed by atoms with Crippen LogP contribution in [0.25, 0.3) is 0 Å². The van der Waals surface area contributed by atoms with Gasteiger partial charge in [-0.1, -0.05) is 0 Å². The quantitative estimate of drug-likeness (QED) is 0.787. The van der Waals surface area contributed by atoms with E-state index in [-0.39, 0.29) is 17.2 Å². The van der Waals surface area contributed by atoms with Crippen LogP contribution in [0.1, 0.15) is 11.1 Å². The van der Waals surface area contributed by atoms with E-state index in [1.54, 1.807) is 0 Å². The molecule has 0 heterocycles. The number of alkyl halides is 1. The molecule has 0 aliphatic carbocycles. The summed E-state index contributed by atoms with van der Waals surface area (Å²) in [5.74, 6) is -1.85. The van der Waals surface area contributed by atoms with Crippen LogP contribution in [0.4, 0.5) is 8.78 Å². The average molecular weight is 310 g/mol. The highest BCUT2D eigenvalue weighted by Crippen LogP contribution is 2.31. The fourth-order valence-electron chi connectivity index (χ4n) is 1.72. The molecule has 0 saturated heterocycles. The smallest absolute Gasteiger partial charge is 0.198 e. The van der Waals surface area contributed by atoms with E-state index >= 15 is 0 Å². The van der Waals surface area contributed by atoms with Gasteiger partial charge in [0.1, 0.15) is 11.5 Å². The number of hydrogen-bond acceptors (Lipinski definition) is 3. The van der Waals surface area contributed by atoms with Crippen molar-refractivity contribution in [3.8, 4) is 23.3 Å². The van der Waals surface area contributed by atoms with E-state index in [9.17, 15) is 8.78 Å². The number of hydrogen-bond donors (Lipinski definition) is 0. The lowest BCUT2D eigenvalue weighted by Gasteiger charge is -2.10. The van der Waals surface area contributed by atoms with Crippen LogP contribution in [-0.4, -0.2) is 7.11 Å². The van der Waals surface area contributed by atoms with Crippen molar-refractivity contribution in [3.05, 3.63) is 53.1 Å². The van der Waals surface area contributed by atoms with Gasteiger partial charge >= 0.3 is 0 Å². The molecule has 108 valence electrons. The zero-order chi connectivity index (χ0) is 15.4. The molecular weight excluding hydrogens is 300 g/mol. The van der Waals surface area contributed by atoms with Gasteiger partial charge in [-0.3, -0.25) is 0 Å². The molecule has 21 heavy (non-hydrogen) atoms. The zero-order valence-electron chi connectivity index (χ0n) is 11.0. The molecule has 0 saturated carbocycles. The second-order valence-corrected chi connectivity index (χ2v) is 4.40. The third-order valence-electron chi connectivity index (χ3n) is 2.68. The summed E-state index contributed by atoms with van der Waals surface area (Å²) in [6, 6.07) is 8.36. The highest BCUT2D eigenvalue weighted by molar-refractivity contribution is 6.17. The Morgan fingerprint density at radius 3 is 2.24 bits per heavy atom. The van der Waals surface area contributed by atoms with Crippen LogP contribution in [0.5, 0.6) is 17.2 Å². The molecule has 3 nitrogen and oxygen atoms in total. The first-order valence-electron chi connectivity index (χ1n) is 5.88. The fraction of sp³-hybridized carbons (Fsp3) is 0.133. The Morgan fingerprint density at radius 2 is 1.71 bits per heavy atom. The number of benzene rings is 2. The van der Waals surface area contributed by atoms with E-state index in [1.807, 2.05) is 6.07 Å². The lowest BCUT2D eigenvalue weighted by atomic mass is 10.2. The van der Waals surface area contributed by atoms with Crippen molar-refractivity contribution in [2.24, 2.45) is 0 Å². The molecule has 0 spiro atoms. The molecule has 0 radical (unpaired) electrons. The van der Waals surface area contributed by atoms with Gasteiger partial charge in [-0.15, -0.1) is 11.6 Å². The minimum absolute atomic E-state index is 0.00808. The van der Waals surface area contributed by atoms with E-state index in [4.69, 9.17) is 26.3 Å². The normalized spacial score (nSPS) is 10.0. The van der Waals surface area contributed by atoms with Crippen molar-refractivity contribution < 1.29 is 18.3 Å². The van der Waals surface area contributed by atoms with Gasteiger partial charge in [0.05, 0.1) is 18.7 Å². The highest BCUT2D eigenvalue weighted by Gasteiger charge is 2.14. The first-order valence-corrected chi connectivity index (χ1v) is 6.41. The van der Waals surface area contributed by atoms with Gasteiger partial charge in [-0.2, -0.15) is 5.26 Å². The van der Waals surface area contributed by atoms with Gasteiger partial charge in [-0.25, -0.2) is 8.78 Å². The molecule has 0 fully saturated rings. The van der Waals surface area contributed by atoms with Crippen LogP contribution in [-0.2, 0) is 5.88 Å². The molecule has 6 heteroatoms. The number of nitrogens with zero attached hydrogens (tertiary/aromatic N) is 1. The van der Waals surface area contributed by atoms with Gasteiger partial charge in [0.15, 0.2) is 17.4 Å². The Bertz CT molecular complexity index is 690. The predicted molar refractivity (Wildman–Crippen MR) is 73.7 cm³/mol. The maximum Gasteiger partial charge on any atom is 0.198 e. The summed E-state index contributed by atoms with van der Waals surface area (Å²) in [5.41, 5.74) is 0.560. The van der Waals surface area contributed by atoms with Crippen LogP contribution in [0.2, 0.25) is 0 Å². The van der Waals surface area contributed by atoms with Crippen LogP contribution < -0.4 is 9.47 Å². The molecule has 0 aliphatic heterocycles. The second-order valence-electron chi connectivity index (χ2n) is 4.13. The third-order valence-corrected chi connectivity index (χ3v) is 2.99. The first-order chi connectivity index (χ1) is 10.1. The van der Waals surface area contributed by atoms with Gasteiger partial charge < -0.3 is 9.47 Å². The first kappa shape index (κ1) is 15.1. The molecule has 0 atom stereocenters. The van der Waals surface area contributed by atoms with Crippen LogP contribution in [0.3, 0.4) is 0 Å². The van der Waals surface area contributed by atoms with E-state index in [0.29, 0.717) is 11.3 Å². The Balaban J connectivity index is 2.41. The number of nitriles is 1. The van der Waals surface area contributed by atoms with Crippen LogP contribution >= 0.6 is 11.6 Å². The highest BCUT2D eigenvalue weighted by atomic mass is 35.5. The maximum atomic E-state index is 13.8. The summed E-state index contributed by atoms with van der Waals surface area (Å²) in [7, 11) is 1.41. The summed E-state index contributed by atoms with van der Waals surface area (Å²) in [5, 5.41) is 8.90. The molecule has 0 N–H and O–H groups in total. The Kier molecular flexibility index (Phi) is 4.61. The monoisotopic (exact) mass is 309 g/mol. The minimum Gasteiger partial charge on any atom is -0.497 e. The number of methoxy groups -OCH3 is 1. The lowest BCUT2D eigenvalue weighted by molar-refractivity contribution is 0.393. The van der Waals surface area contributed by atoms with Gasteiger partial charge in [0, 0.05) is 11.9 Å². The van der Waals surface area contributed by atoms with E-state index in [1.165, 1.54) is 25.3 Å². The summed E-state index contributed by atoms with van der Waals surface area (Å²) in [6.45, 7) is 0. The Hall–Kier alpha value is -2.32. The van der Waals surface area contributed by atoms with Crippen LogP contribution in [0, 0.1) is 23.0 Å². The summed E-state index contributed by atoms with van der Waals surface area (Å²) in [6.07, 6.45) is 0.